The first-order valence-corrected chi connectivity index (χ1v) is 8.27. The van der Waals surface area contributed by atoms with E-state index in [0.29, 0.717) is 24.1 Å². The van der Waals surface area contributed by atoms with Crippen LogP contribution in [0.5, 0.6) is 0 Å². The fraction of sp³-hybridized carbons (Fsp3) is 0.562. The lowest BCUT2D eigenvalue weighted by molar-refractivity contribution is -0.122. The average Bonchev–Trinajstić information content (AvgIpc) is 2.83. The number of carbonyl (C=O) groups is 1. The average molecular weight is 292 g/mol. The molecule has 2 rings (SSSR count). The van der Waals surface area contributed by atoms with Crippen LogP contribution in [0.3, 0.4) is 0 Å². The molecule has 3 atom stereocenters. The molecule has 1 aliphatic carbocycles. The summed E-state index contributed by atoms with van der Waals surface area (Å²) in [6, 6.07) is 10.5. The molecule has 0 heterocycles. The van der Waals surface area contributed by atoms with Gasteiger partial charge in [-0.05, 0) is 30.9 Å². The molecule has 3 nitrogen and oxygen atoms in total. The Morgan fingerprint density at radius 3 is 2.80 bits per heavy atom. The molecule has 1 amide bonds. The Morgan fingerprint density at radius 1 is 1.40 bits per heavy atom. The minimum atomic E-state index is 0.146. The smallest absolute Gasteiger partial charge is 0.220 e. The maximum Gasteiger partial charge on any atom is 0.220 e. The van der Waals surface area contributed by atoms with E-state index in [-0.39, 0.29) is 11.9 Å². The predicted octanol–water partition coefficient (Wildman–Crippen LogP) is 2.80. The topological polar surface area (TPSA) is 55.1 Å². The van der Waals surface area contributed by atoms with Crippen molar-refractivity contribution in [2.24, 2.45) is 11.7 Å². The number of nitrogens with one attached hydrogen (secondary N) is 1. The highest BCUT2D eigenvalue weighted by Crippen LogP contribution is 2.26. The van der Waals surface area contributed by atoms with Gasteiger partial charge in [0.1, 0.15) is 0 Å². The number of carbonyl (C=O) groups excluding carboxylic acids is 1. The molecule has 1 saturated carbocycles. The molecule has 4 heteroatoms. The van der Waals surface area contributed by atoms with Gasteiger partial charge in [-0.3, -0.25) is 4.79 Å². The molecule has 20 heavy (non-hydrogen) atoms. The Hall–Kier alpha value is -1.00. The summed E-state index contributed by atoms with van der Waals surface area (Å²) in [5.74, 6) is 0.528. The van der Waals surface area contributed by atoms with Crippen LogP contribution < -0.4 is 11.1 Å². The second-order valence-corrected chi connectivity index (χ2v) is 7.12. The fourth-order valence-electron chi connectivity index (χ4n) is 2.66. The molecule has 1 aromatic rings. The highest BCUT2D eigenvalue weighted by atomic mass is 32.2. The Balaban J connectivity index is 1.67. The van der Waals surface area contributed by atoms with Crippen molar-refractivity contribution < 1.29 is 4.79 Å². The van der Waals surface area contributed by atoms with E-state index in [4.69, 9.17) is 5.73 Å². The normalized spacial score (nSPS) is 23.5. The Labute approximate surface area is 125 Å². The Bertz CT molecular complexity index is 424. The lowest BCUT2D eigenvalue weighted by atomic mass is 10.00. The lowest BCUT2D eigenvalue weighted by Gasteiger charge is -2.16. The standard InChI is InChI=1S/C16H24N2OS/c1-12(20-14-7-3-2-4-8-14)11-18-16(19)10-13-6-5-9-15(13)17/h2-4,7-8,12-13,15H,5-6,9-11,17H2,1H3,(H,18,19)/t12?,13-,15+/m0/s1. The number of benzene rings is 1. The summed E-state index contributed by atoms with van der Waals surface area (Å²) in [5.41, 5.74) is 6.00. The number of amides is 1. The molecule has 1 unspecified atom stereocenters. The molecule has 0 saturated heterocycles. The van der Waals surface area contributed by atoms with Crippen LogP contribution in [0.2, 0.25) is 0 Å². The molecule has 0 bridgehead atoms. The Kier molecular flexibility index (Phi) is 5.92. The first-order valence-electron chi connectivity index (χ1n) is 7.39. The van der Waals surface area contributed by atoms with E-state index in [1.165, 1.54) is 11.3 Å². The molecule has 0 aromatic heterocycles. The molecular formula is C16H24N2OS. The zero-order valence-electron chi connectivity index (χ0n) is 12.0. The van der Waals surface area contributed by atoms with Crippen molar-refractivity contribution in [2.45, 2.75) is 48.8 Å². The summed E-state index contributed by atoms with van der Waals surface area (Å²) in [6.07, 6.45) is 3.92. The Morgan fingerprint density at radius 2 is 2.15 bits per heavy atom. The third kappa shape index (κ3) is 4.84. The van der Waals surface area contributed by atoms with Crippen LogP contribution in [-0.4, -0.2) is 23.7 Å². The molecule has 0 spiro atoms. The van der Waals surface area contributed by atoms with Gasteiger partial charge in [-0.2, -0.15) is 0 Å². The third-order valence-corrected chi connectivity index (χ3v) is 4.95. The fourth-order valence-corrected chi connectivity index (χ4v) is 3.61. The van der Waals surface area contributed by atoms with Crippen molar-refractivity contribution >= 4 is 17.7 Å². The number of rotatable bonds is 6. The van der Waals surface area contributed by atoms with Crippen molar-refractivity contribution in [3.05, 3.63) is 30.3 Å². The van der Waals surface area contributed by atoms with Crippen molar-refractivity contribution in [1.29, 1.82) is 0 Å². The summed E-state index contributed by atoms with van der Waals surface area (Å²) < 4.78 is 0. The van der Waals surface area contributed by atoms with Crippen LogP contribution in [0, 0.1) is 5.92 Å². The van der Waals surface area contributed by atoms with Crippen LogP contribution in [0.4, 0.5) is 0 Å². The zero-order valence-corrected chi connectivity index (χ0v) is 12.9. The largest absolute Gasteiger partial charge is 0.355 e. The van der Waals surface area contributed by atoms with E-state index >= 15 is 0 Å². The molecule has 110 valence electrons. The molecule has 0 aliphatic heterocycles. The number of hydrogen-bond donors (Lipinski definition) is 2. The summed E-state index contributed by atoms with van der Waals surface area (Å²) in [4.78, 5) is 13.2. The summed E-state index contributed by atoms with van der Waals surface area (Å²) in [5, 5.41) is 3.41. The van der Waals surface area contributed by atoms with Gasteiger partial charge in [-0.25, -0.2) is 0 Å². The lowest BCUT2D eigenvalue weighted by Crippen LogP contribution is -2.34. The highest BCUT2D eigenvalue weighted by molar-refractivity contribution is 8.00. The SMILES string of the molecule is CC(CNC(=O)C[C@@H]1CCC[C@H]1N)Sc1ccccc1. The van der Waals surface area contributed by atoms with Gasteiger partial charge in [-0.15, -0.1) is 11.8 Å². The summed E-state index contributed by atoms with van der Waals surface area (Å²) >= 11 is 1.79. The highest BCUT2D eigenvalue weighted by Gasteiger charge is 2.25. The van der Waals surface area contributed by atoms with Crippen LogP contribution in [0.25, 0.3) is 0 Å². The van der Waals surface area contributed by atoms with E-state index in [2.05, 4.69) is 24.4 Å². The van der Waals surface area contributed by atoms with Crippen LogP contribution in [0.15, 0.2) is 35.2 Å². The van der Waals surface area contributed by atoms with E-state index in [1.807, 2.05) is 18.2 Å². The van der Waals surface area contributed by atoms with E-state index in [0.717, 1.165) is 12.8 Å². The van der Waals surface area contributed by atoms with Crippen LogP contribution in [0.1, 0.15) is 32.6 Å². The maximum atomic E-state index is 11.9. The molecule has 1 fully saturated rings. The minimum Gasteiger partial charge on any atom is -0.355 e. The molecule has 1 aliphatic rings. The van der Waals surface area contributed by atoms with Crippen molar-refractivity contribution in [2.75, 3.05) is 6.54 Å². The zero-order chi connectivity index (χ0) is 14.4. The van der Waals surface area contributed by atoms with Crippen LogP contribution in [-0.2, 0) is 4.79 Å². The predicted molar refractivity (Wildman–Crippen MR) is 84.7 cm³/mol. The molecule has 1 aromatic carbocycles. The van der Waals surface area contributed by atoms with Crippen LogP contribution >= 0.6 is 11.8 Å². The first-order chi connectivity index (χ1) is 9.65. The van der Waals surface area contributed by atoms with Gasteiger partial charge in [0.15, 0.2) is 0 Å². The van der Waals surface area contributed by atoms with Crippen molar-refractivity contribution in [3.8, 4) is 0 Å². The number of thioether (sulfide) groups is 1. The first kappa shape index (κ1) is 15.4. The second-order valence-electron chi connectivity index (χ2n) is 5.60. The van der Waals surface area contributed by atoms with Crippen molar-refractivity contribution in [3.63, 3.8) is 0 Å². The van der Waals surface area contributed by atoms with E-state index in [1.54, 1.807) is 11.8 Å². The van der Waals surface area contributed by atoms with Gasteiger partial charge in [0.05, 0.1) is 0 Å². The molecule has 3 N–H and O–H groups in total. The van der Waals surface area contributed by atoms with Gasteiger partial charge in [-0.1, -0.05) is 31.5 Å². The van der Waals surface area contributed by atoms with Gasteiger partial charge >= 0.3 is 0 Å². The van der Waals surface area contributed by atoms with Crippen molar-refractivity contribution in [1.82, 2.24) is 5.32 Å². The van der Waals surface area contributed by atoms with Gasteiger partial charge in [0.25, 0.3) is 0 Å². The van der Waals surface area contributed by atoms with Gasteiger partial charge < -0.3 is 11.1 Å². The maximum absolute atomic E-state index is 11.9. The van der Waals surface area contributed by atoms with E-state index < -0.39 is 0 Å². The second kappa shape index (κ2) is 7.70. The molecular weight excluding hydrogens is 268 g/mol. The van der Waals surface area contributed by atoms with Gasteiger partial charge in [0.2, 0.25) is 5.91 Å². The number of nitrogens with two attached hydrogens (primary N) is 1. The minimum absolute atomic E-state index is 0.146. The summed E-state index contributed by atoms with van der Waals surface area (Å²) in [6.45, 7) is 2.85. The number of hydrogen-bond acceptors (Lipinski definition) is 3. The van der Waals surface area contributed by atoms with Gasteiger partial charge in [0, 0.05) is 29.2 Å². The quantitative estimate of drug-likeness (QED) is 0.793. The molecule has 0 radical (unpaired) electrons. The monoisotopic (exact) mass is 292 g/mol. The summed E-state index contributed by atoms with van der Waals surface area (Å²) in [7, 11) is 0. The third-order valence-electron chi connectivity index (χ3n) is 3.83. The van der Waals surface area contributed by atoms with E-state index in [9.17, 15) is 4.79 Å².